The zero-order chi connectivity index (χ0) is 11.6. The summed E-state index contributed by atoms with van der Waals surface area (Å²) in [6, 6.07) is 9.59. The van der Waals surface area contributed by atoms with Crippen molar-refractivity contribution in [3.05, 3.63) is 30.3 Å². The molecule has 2 rings (SSSR count). The van der Waals surface area contributed by atoms with Gasteiger partial charge in [0.05, 0.1) is 17.0 Å². The van der Waals surface area contributed by atoms with Crippen molar-refractivity contribution in [3.63, 3.8) is 0 Å². The van der Waals surface area contributed by atoms with Gasteiger partial charge in [-0.25, -0.2) is 8.42 Å². The Morgan fingerprint density at radius 2 is 2.00 bits per heavy atom. The summed E-state index contributed by atoms with van der Waals surface area (Å²) >= 11 is 0. The number of para-hydroxylation sites is 1. The Hall–Kier alpha value is -1.07. The SMILES string of the molecule is NCC1(Nc2ccccc2)CCS(=O)(=O)C1. The normalized spacial score (nSPS) is 27.8. The second-order valence-corrected chi connectivity index (χ2v) is 6.50. The molecule has 1 fully saturated rings. The number of rotatable bonds is 3. The number of anilines is 1. The molecule has 0 saturated carbocycles. The van der Waals surface area contributed by atoms with Crippen LogP contribution in [0.5, 0.6) is 0 Å². The highest BCUT2D eigenvalue weighted by atomic mass is 32.2. The van der Waals surface area contributed by atoms with E-state index in [1.54, 1.807) is 0 Å². The molecule has 1 atom stereocenters. The third kappa shape index (κ3) is 2.36. The third-order valence-corrected chi connectivity index (χ3v) is 4.78. The predicted octanol–water partition coefficient (Wildman–Crippen LogP) is 0.614. The fourth-order valence-electron chi connectivity index (χ4n) is 2.05. The van der Waals surface area contributed by atoms with E-state index in [9.17, 15) is 8.42 Å². The van der Waals surface area contributed by atoms with Crippen LogP contribution in [0.3, 0.4) is 0 Å². The second kappa shape index (κ2) is 4.07. The van der Waals surface area contributed by atoms with Crippen LogP contribution in [0.1, 0.15) is 6.42 Å². The zero-order valence-electron chi connectivity index (χ0n) is 9.02. The van der Waals surface area contributed by atoms with E-state index in [4.69, 9.17) is 5.73 Å². The highest BCUT2D eigenvalue weighted by molar-refractivity contribution is 7.91. The lowest BCUT2D eigenvalue weighted by atomic mass is 9.99. The Kier molecular flexibility index (Phi) is 2.90. The van der Waals surface area contributed by atoms with Crippen molar-refractivity contribution in [3.8, 4) is 0 Å². The fraction of sp³-hybridized carbons (Fsp3) is 0.455. The van der Waals surface area contributed by atoms with E-state index in [1.807, 2.05) is 30.3 Å². The molecule has 0 spiro atoms. The van der Waals surface area contributed by atoms with Crippen molar-refractivity contribution >= 4 is 15.5 Å². The summed E-state index contributed by atoms with van der Waals surface area (Å²) in [6.45, 7) is 0.334. The number of hydrogen-bond donors (Lipinski definition) is 2. The highest BCUT2D eigenvalue weighted by Crippen LogP contribution is 2.26. The van der Waals surface area contributed by atoms with Gasteiger partial charge in [-0.3, -0.25) is 0 Å². The van der Waals surface area contributed by atoms with Gasteiger partial charge in [-0.15, -0.1) is 0 Å². The molecule has 1 aromatic rings. The van der Waals surface area contributed by atoms with Crippen LogP contribution < -0.4 is 11.1 Å². The summed E-state index contributed by atoms with van der Waals surface area (Å²) < 4.78 is 23.0. The summed E-state index contributed by atoms with van der Waals surface area (Å²) in [4.78, 5) is 0. The van der Waals surface area contributed by atoms with Crippen LogP contribution in [0.25, 0.3) is 0 Å². The summed E-state index contributed by atoms with van der Waals surface area (Å²) in [5.74, 6) is 0.357. The van der Waals surface area contributed by atoms with Gasteiger partial charge >= 0.3 is 0 Å². The van der Waals surface area contributed by atoms with Crippen LogP contribution in [0.2, 0.25) is 0 Å². The molecule has 1 aromatic carbocycles. The van der Waals surface area contributed by atoms with Crippen LogP contribution in [0.15, 0.2) is 30.3 Å². The lowest BCUT2D eigenvalue weighted by Gasteiger charge is -2.28. The van der Waals surface area contributed by atoms with E-state index < -0.39 is 15.4 Å². The van der Waals surface area contributed by atoms with Crippen molar-refractivity contribution in [1.29, 1.82) is 0 Å². The first kappa shape index (κ1) is 11.4. The summed E-state index contributed by atoms with van der Waals surface area (Å²) in [5, 5.41) is 3.26. The zero-order valence-corrected chi connectivity index (χ0v) is 9.83. The fourth-order valence-corrected chi connectivity index (χ4v) is 4.08. The van der Waals surface area contributed by atoms with Gasteiger partial charge in [0, 0.05) is 12.2 Å². The van der Waals surface area contributed by atoms with Crippen LogP contribution in [0.4, 0.5) is 5.69 Å². The van der Waals surface area contributed by atoms with Crippen molar-refractivity contribution in [2.45, 2.75) is 12.0 Å². The minimum Gasteiger partial charge on any atom is -0.377 e. The van der Waals surface area contributed by atoms with Crippen molar-refractivity contribution in [1.82, 2.24) is 0 Å². The molecule has 88 valence electrons. The van der Waals surface area contributed by atoms with Crippen LogP contribution in [-0.4, -0.2) is 32.0 Å². The van der Waals surface area contributed by atoms with E-state index in [-0.39, 0.29) is 11.5 Å². The first-order chi connectivity index (χ1) is 7.55. The van der Waals surface area contributed by atoms with Gasteiger partial charge < -0.3 is 11.1 Å². The average Bonchev–Trinajstić information content (AvgIpc) is 2.57. The first-order valence-electron chi connectivity index (χ1n) is 5.29. The van der Waals surface area contributed by atoms with Gasteiger partial charge in [-0.2, -0.15) is 0 Å². The Morgan fingerprint density at radius 1 is 1.31 bits per heavy atom. The molecule has 1 heterocycles. The van der Waals surface area contributed by atoms with E-state index in [1.165, 1.54) is 0 Å². The molecule has 0 aromatic heterocycles. The van der Waals surface area contributed by atoms with Crippen molar-refractivity contribution in [2.24, 2.45) is 5.73 Å². The highest BCUT2D eigenvalue weighted by Gasteiger charge is 2.41. The maximum Gasteiger partial charge on any atom is 0.152 e. The largest absolute Gasteiger partial charge is 0.377 e. The minimum atomic E-state index is -2.93. The van der Waals surface area contributed by atoms with E-state index in [2.05, 4.69) is 5.32 Å². The molecule has 1 unspecified atom stereocenters. The summed E-state index contributed by atoms with van der Waals surface area (Å²) in [5.41, 5.74) is 6.15. The van der Waals surface area contributed by atoms with Crippen LogP contribution in [0, 0.1) is 0 Å². The smallest absolute Gasteiger partial charge is 0.152 e. The quantitative estimate of drug-likeness (QED) is 0.812. The Labute approximate surface area is 95.8 Å². The number of sulfone groups is 1. The van der Waals surface area contributed by atoms with Crippen LogP contribution >= 0.6 is 0 Å². The molecule has 1 saturated heterocycles. The molecule has 16 heavy (non-hydrogen) atoms. The monoisotopic (exact) mass is 240 g/mol. The minimum absolute atomic E-state index is 0.130. The number of benzene rings is 1. The van der Waals surface area contributed by atoms with Crippen molar-refractivity contribution < 1.29 is 8.42 Å². The maximum absolute atomic E-state index is 11.5. The van der Waals surface area contributed by atoms with Gasteiger partial charge in [0.1, 0.15) is 0 Å². The lowest BCUT2D eigenvalue weighted by Crippen LogP contribution is -2.46. The molecular formula is C11H16N2O2S. The molecule has 3 N–H and O–H groups in total. The van der Waals surface area contributed by atoms with E-state index in [0.717, 1.165) is 5.69 Å². The van der Waals surface area contributed by atoms with E-state index >= 15 is 0 Å². The van der Waals surface area contributed by atoms with Crippen LogP contribution in [-0.2, 0) is 9.84 Å². The molecule has 1 aliphatic rings. The molecule has 1 aliphatic heterocycles. The topological polar surface area (TPSA) is 72.2 Å². The molecule has 0 radical (unpaired) electrons. The van der Waals surface area contributed by atoms with E-state index in [0.29, 0.717) is 13.0 Å². The molecule has 0 aliphatic carbocycles. The lowest BCUT2D eigenvalue weighted by molar-refractivity contribution is 0.534. The number of hydrogen-bond acceptors (Lipinski definition) is 4. The molecule has 0 amide bonds. The number of nitrogens with one attached hydrogen (secondary N) is 1. The second-order valence-electron chi connectivity index (χ2n) is 4.32. The van der Waals surface area contributed by atoms with Gasteiger partial charge in [0.15, 0.2) is 9.84 Å². The van der Waals surface area contributed by atoms with Crippen molar-refractivity contribution in [2.75, 3.05) is 23.4 Å². The number of nitrogens with two attached hydrogens (primary N) is 1. The molecule has 4 nitrogen and oxygen atoms in total. The summed E-state index contributed by atoms with van der Waals surface area (Å²) in [7, 11) is -2.93. The summed E-state index contributed by atoms with van der Waals surface area (Å²) in [6.07, 6.45) is 0.584. The Balaban J connectivity index is 2.19. The van der Waals surface area contributed by atoms with Gasteiger partial charge in [0.25, 0.3) is 0 Å². The average molecular weight is 240 g/mol. The van der Waals surface area contributed by atoms with Gasteiger partial charge in [-0.05, 0) is 18.6 Å². The third-order valence-electron chi connectivity index (χ3n) is 2.96. The Morgan fingerprint density at radius 3 is 2.50 bits per heavy atom. The maximum atomic E-state index is 11.5. The first-order valence-corrected chi connectivity index (χ1v) is 7.11. The molecule has 5 heteroatoms. The molecule has 0 bridgehead atoms. The Bertz CT molecular complexity index is 458. The van der Waals surface area contributed by atoms with Gasteiger partial charge in [-0.1, -0.05) is 18.2 Å². The predicted molar refractivity (Wildman–Crippen MR) is 65.1 cm³/mol. The molecular weight excluding hydrogens is 224 g/mol. The standard InChI is InChI=1S/C11H16N2O2S/c12-8-11(6-7-16(14,15)9-11)13-10-4-2-1-3-5-10/h1-5,13H,6-9,12H2. The van der Waals surface area contributed by atoms with Gasteiger partial charge in [0.2, 0.25) is 0 Å².